The Morgan fingerprint density at radius 3 is 2.11 bits per heavy atom. The summed E-state index contributed by atoms with van der Waals surface area (Å²) >= 11 is 6.04. The van der Waals surface area contributed by atoms with Gasteiger partial charge in [-0.3, -0.25) is 33.6 Å². The largest absolute Gasteiger partial charge is 0.507 e. The van der Waals surface area contributed by atoms with Crippen LogP contribution in [-0.4, -0.2) is 101 Å². The van der Waals surface area contributed by atoms with Crippen molar-refractivity contribution in [1.82, 2.24) is 26.2 Å². The number of likely N-dealkylation sites (N-methyl/N-ethyl adjacent to an activating group) is 1. The van der Waals surface area contributed by atoms with Gasteiger partial charge in [-0.1, -0.05) is 48.0 Å². The number of fused-ring (bicyclic) bond motifs is 5. The Morgan fingerprint density at radius 2 is 1.48 bits per heavy atom. The molecule has 5 unspecified atom stereocenters. The molecule has 5 amide bonds. The van der Waals surface area contributed by atoms with Gasteiger partial charge in [0.15, 0.2) is 12.4 Å². The maximum Gasteiger partial charge on any atom is 0.303 e. The van der Waals surface area contributed by atoms with Crippen molar-refractivity contribution in [2.75, 3.05) is 20.2 Å². The van der Waals surface area contributed by atoms with Crippen LogP contribution >= 0.6 is 11.6 Å². The first kappa shape index (κ1) is 47.3. The standard InChI is InChI=1S/C46H51ClN6O10/c1-25(40(57)24-63-27(3)54)49-44(60)37-22-28-8-18-38(55)34(21-28)35-23-32(15-19-39(35)56)41(45(61)50-26(2)42(58)52-37)53(4)46(62)36(7-5-6-20-48)51-43(59)31-11-9-29(10-12-31)30-13-16-33(47)17-14-30/h8-19,21,23,25-26,36-37,41,55-56H,5-7,20,22,24,48H2,1-4H3,(H,49,60)(H,50,61)(H,51,59)(H,52,58). The molecular formula is C46H51ClN6O10. The van der Waals surface area contributed by atoms with Crippen molar-refractivity contribution in [3.8, 4) is 33.8 Å². The van der Waals surface area contributed by atoms with Crippen molar-refractivity contribution >= 4 is 52.9 Å². The highest BCUT2D eigenvalue weighted by molar-refractivity contribution is 6.30. The summed E-state index contributed by atoms with van der Waals surface area (Å²) in [7, 11) is 1.37. The molecule has 1 aliphatic heterocycles. The van der Waals surface area contributed by atoms with Gasteiger partial charge in [-0.25, -0.2) is 0 Å². The molecular weight excluding hydrogens is 832 g/mol. The fraction of sp³-hybridized carbons (Fsp3) is 0.326. The molecule has 4 aromatic carbocycles. The number of phenols is 2. The minimum atomic E-state index is -1.46. The number of nitrogens with one attached hydrogen (secondary N) is 4. The molecule has 0 saturated heterocycles. The van der Waals surface area contributed by atoms with Gasteiger partial charge >= 0.3 is 5.97 Å². The van der Waals surface area contributed by atoms with E-state index in [0.29, 0.717) is 30.0 Å². The number of carbonyl (C=O) groups excluding carboxylic acids is 7. The quantitative estimate of drug-likeness (QED) is 0.0711. The summed E-state index contributed by atoms with van der Waals surface area (Å²) in [5.74, 6) is -5.42. The number of halogens is 1. The second kappa shape index (κ2) is 21.3. The SMILES string of the molecule is CC(=O)OCC(=O)C(C)NC(=O)C1Cc2ccc(O)c(c2)-c2cc(ccc2O)C(N(C)C(=O)C(CCCCN)NC(=O)c2ccc(-c3ccc(Cl)cc3)cc2)C(=O)NC(C)C(=O)N1. The Kier molecular flexibility index (Phi) is 16.0. The van der Waals surface area contributed by atoms with Crippen LogP contribution < -0.4 is 27.0 Å². The molecule has 0 fully saturated rings. The molecule has 5 atom stereocenters. The average molecular weight is 883 g/mol. The Labute approximate surface area is 369 Å². The number of aromatic hydroxyl groups is 2. The molecule has 1 aliphatic rings. The number of carbonyl (C=O) groups is 7. The van der Waals surface area contributed by atoms with Gasteiger partial charge in [0, 0.05) is 42.1 Å². The van der Waals surface area contributed by atoms with Crippen LogP contribution in [0.5, 0.6) is 11.5 Å². The third-order valence-corrected chi connectivity index (χ3v) is 10.9. The van der Waals surface area contributed by atoms with Gasteiger partial charge in [0.1, 0.15) is 35.7 Å². The Morgan fingerprint density at radius 1 is 0.857 bits per heavy atom. The number of benzene rings is 4. The van der Waals surface area contributed by atoms with Crippen LogP contribution in [0.3, 0.4) is 0 Å². The van der Waals surface area contributed by atoms with Crippen molar-refractivity contribution in [2.24, 2.45) is 5.73 Å². The molecule has 8 N–H and O–H groups in total. The number of nitrogens with zero attached hydrogens (tertiary/aromatic N) is 1. The van der Waals surface area contributed by atoms with Gasteiger partial charge in [0.25, 0.3) is 5.91 Å². The minimum Gasteiger partial charge on any atom is -0.507 e. The van der Waals surface area contributed by atoms with Gasteiger partial charge in [0.05, 0.1) is 6.04 Å². The highest BCUT2D eigenvalue weighted by atomic mass is 35.5. The molecule has 0 aliphatic carbocycles. The minimum absolute atomic E-state index is 0.0835. The number of rotatable bonds is 14. The highest BCUT2D eigenvalue weighted by Crippen LogP contribution is 2.39. The second-order valence-corrected chi connectivity index (χ2v) is 15.8. The molecule has 0 saturated carbocycles. The zero-order valence-electron chi connectivity index (χ0n) is 35.3. The number of nitrogens with two attached hydrogens (primary N) is 1. The van der Waals surface area contributed by atoms with Crippen molar-refractivity contribution in [1.29, 1.82) is 0 Å². The van der Waals surface area contributed by atoms with Gasteiger partial charge in [-0.15, -0.1) is 0 Å². The number of unbranched alkanes of at least 4 members (excludes halogenated alkanes) is 1. The summed E-state index contributed by atoms with van der Waals surface area (Å²) in [4.78, 5) is 95.0. The number of Topliss-reactive ketones (excluding diaryl/α,β-unsaturated/α-hetero) is 1. The number of hydrogen-bond donors (Lipinski definition) is 7. The van der Waals surface area contributed by atoms with Crippen LogP contribution in [0.4, 0.5) is 0 Å². The van der Waals surface area contributed by atoms with Gasteiger partial charge in [-0.2, -0.15) is 0 Å². The molecule has 4 aromatic rings. The lowest BCUT2D eigenvalue weighted by molar-refractivity contribution is -0.146. The number of phenolic OH excluding ortho intramolecular Hbond substituents is 2. The smallest absolute Gasteiger partial charge is 0.303 e. The monoisotopic (exact) mass is 882 g/mol. The summed E-state index contributed by atoms with van der Waals surface area (Å²) < 4.78 is 4.76. The summed E-state index contributed by atoms with van der Waals surface area (Å²) in [6.45, 7) is 3.65. The lowest BCUT2D eigenvalue weighted by Crippen LogP contribution is -2.57. The fourth-order valence-electron chi connectivity index (χ4n) is 7.03. The van der Waals surface area contributed by atoms with Crippen molar-refractivity contribution < 1.29 is 48.5 Å². The lowest BCUT2D eigenvalue weighted by Gasteiger charge is -2.32. The summed E-state index contributed by atoms with van der Waals surface area (Å²) in [5, 5.41) is 33.4. The number of ketones is 1. The molecule has 1 heterocycles. The van der Waals surface area contributed by atoms with Crippen LogP contribution in [0, 0.1) is 0 Å². The van der Waals surface area contributed by atoms with E-state index in [1.54, 1.807) is 36.4 Å². The number of esters is 1. The summed E-state index contributed by atoms with van der Waals surface area (Å²) in [6.07, 6.45) is 1.01. The van der Waals surface area contributed by atoms with Gasteiger partial charge in [0.2, 0.25) is 23.6 Å². The zero-order chi connectivity index (χ0) is 46.0. The first-order valence-corrected chi connectivity index (χ1v) is 20.7. The molecule has 0 aromatic heterocycles. The van der Waals surface area contributed by atoms with Gasteiger partial charge < -0.3 is 46.9 Å². The van der Waals surface area contributed by atoms with Crippen LogP contribution in [-0.2, 0) is 39.9 Å². The molecule has 332 valence electrons. The van der Waals surface area contributed by atoms with E-state index in [-0.39, 0.29) is 46.6 Å². The topological polar surface area (TPSA) is 247 Å². The maximum absolute atomic E-state index is 14.6. The van der Waals surface area contributed by atoms with Crippen molar-refractivity contribution in [3.05, 3.63) is 107 Å². The van der Waals surface area contributed by atoms with Crippen molar-refractivity contribution in [2.45, 2.75) is 76.7 Å². The Balaban J connectivity index is 1.47. The van der Waals surface area contributed by atoms with E-state index >= 15 is 0 Å². The first-order valence-electron chi connectivity index (χ1n) is 20.3. The highest BCUT2D eigenvalue weighted by Gasteiger charge is 2.36. The van der Waals surface area contributed by atoms with Gasteiger partial charge in [-0.05, 0) is 110 Å². The number of amides is 5. The maximum atomic E-state index is 14.6. The Hall–Kier alpha value is -6.78. The van der Waals surface area contributed by atoms with E-state index in [1.807, 2.05) is 12.1 Å². The lowest BCUT2D eigenvalue weighted by atomic mass is 9.93. The predicted molar refractivity (Wildman–Crippen MR) is 234 cm³/mol. The number of ether oxygens (including phenoxy) is 1. The van der Waals surface area contributed by atoms with E-state index in [1.165, 1.54) is 57.3 Å². The molecule has 5 rings (SSSR count). The average Bonchev–Trinajstić information content (AvgIpc) is 3.25. The third kappa shape index (κ3) is 12.2. The summed E-state index contributed by atoms with van der Waals surface area (Å²) in [5.41, 5.74) is 8.60. The predicted octanol–water partition coefficient (Wildman–Crippen LogP) is 3.69. The molecule has 17 heteroatoms. The molecule has 0 spiro atoms. The van der Waals surface area contributed by atoms with E-state index < -0.39 is 78.1 Å². The van der Waals surface area contributed by atoms with E-state index in [4.69, 9.17) is 22.1 Å². The van der Waals surface area contributed by atoms with Crippen LogP contribution in [0.2, 0.25) is 5.02 Å². The zero-order valence-corrected chi connectivity index (χ0v) is 36.0. The molecule has 63 heavy (non-hydrogen) atoms. The molecule has 16 nitrogen and oxygen atoms in total. The third-order valence-electron chi connectivity index (χ3n) is 10.6. The normalized spacial score (nSPS) is 17.1. The molecule has 4 bridgehead atoms. The Bertz CT molecular complexity index is 2360. The summed E-state index contributed by atoms with van der Waals surface area (Å²) in [6, 6.07) is 16.2. The van der Waals surface area contributed by atoms with Crippen LogP contribution in [0.25, 0.3) is 22.3 Å². The van der Waals surface area contributed by atoms with E-state index in [9.17, 15) is 43.8 Å². The fourth-order valence-corrected chi connectivity index (χ4v) is 7.16. The van der Waals surface area contributed by atoms with Crippen LogP contribution in [0.1, 0.15) is 67.6 Å². The molecule has 0 radical (unpaired) electrons. The van der Waals surface area contributed by atoms with E-state index in [0.717, 1.165) is 23.0 Å². The van der Waals surface area contributed by atoms with E-state index in [2.05, 4.69) is 21.3 Å². The number of hydrogen-bond acceptors (Lipinski definition) is 11. The second-order valence-electron chi connectivity index (χ2n) is 15.3. The van der Waals surface area contributed by atoms with Crippen LogP contribution in [0.15, 0.2) is 84.9 Å². The van der Waals surface area contributed by atoms with Crippen molar-refractivity contribution in [3.63, 3.8) is 0 Å². The first-order chi connectivity index (χ1) is 30.0.